The maximum atomic E-state index is 14.5. The molecule has 2 unspecified atom stereocenters. The van der Waals surface area contributed by atoms with Crippen LogP contribution in [0.25, 0.3) is 17.0 Å². The highest BCUT2D eigenvalue weighted by molar-refractivity contribution is 5.73. The number of anilines is 1. The number of halogens is 2. The van der Waals surface area contributed by atoms with Gasteiger partial charge in [-0.3, -0.25) is 5.10 Å². The van der Waals surface area contributed by atoms with Crippen LogP contribution in [0.3, 0.4) is 0 Å². The highest BCUT2D eigenvalue weighted by atomic mass is 19.1. The Bertz CT molecular complexity index is 1340. The number of aliphatic hydroxyl groups is 1. The summed E-state index contributed by atoms with van der Waals surface area (Å²) in [6, 6.07) is 5.15. The van der Waals surface area contributed by atoms with Gasteiger partial charge in [0.2, 0.25) is 0 Å². The van der Waals surface area contributed by atoms with E-state index in [2.05, 4.69) is 15.3 Å². The van der Waals surface area contributed by atoms with Crippen molar-refractivity contribution in [2.75, 3.05) is 11.4 Å². The van der Waals surface area contributed by atoms with Crippen LogP contribution >= 0.6 is 0 Å². The zero-order valence-corrected chi connectivity index (χ0v) is 18.5. The van der Waals surface area contributed by atoms with Crippen LogP contribution in [0.4, 0.5) is 14.6 Å². The van der Waals surface area contributed by atoms with Crippen molar-refractivity contribution < 1.29 is 13.9 Å². The zero-order valence-electron chi connectivity index (χ0n) is 18.5. The van der Waals surface area contributed by atoms with Crippen molar-refractivity contribution in [1.29, 1.82) is 0 Å². The summed E-state index contributed by atoms with van der Waals surface area (Å²) in [6.07, 6.45) is 8.21. The van der Waals surface area contributed by atoms with Gasteiger partial charge in [-0.25, -0.2) is 23.3 Å². The lowest BCUT2D eigenvalue weighted by Crippen LogP contribution is -2.24. The van der Waals surface area contributed by atoms with E-state index in [0.717, 1.165) is 44.0 Å². The average Bonchev–Trinajstić information content (AvgIpc) is 3.59. The van der Waals surface area contributed by atoms with E-state index in [1.807, 2.05) is 17.2 Å². The van der Waals surface area contributed by atoms with Crippen molar-refractivity contribution in [3.8, 4) is 11.4 Å². The first-order chi connectivity index (χ1) is 16.6. The number of nitrogens with zero attached hydrogens (tertiary/aromatic N) is 6. The monoisotopic (exact) mass is 465 g/mol. The third-order valence-corrected chi connectivity index (χ3v) is 7.00. The highest BCUT2D eigenvalue weighted by Gasteiger charge is 2.30. The molecule has 2 aliphatic rings. The van der Waals surface area contributed by atoms with E-state index in [1.54, 1.807) is 10.7 Å². The summed E-state index contributed by atoms with van der Waals surface area (Å²) >= 11 is 0. The molecule has 34 heavy (non-hydrogen) atoms. The van der Waals surface area contributed by atoms with Gasteiger partial charge >= 0.3 is 0 Å². The number of benzene rings is 1. The van der Waals surface area contributed by atoms with E-state index in [9.17, 15) is 13.9 Å². The Morgan fingerprint density at radius 3 is 2.85 bits per heavy atom. The number of hydrogen-bond donors (Lipinski definition) is 2. The minimum absolute atomic E-state index is 0.155. The smallest absolute Gasteiger partial charge is 0.186 e. The Labute approximate surface area is 194 Å². The van der Waals surface area contributed by atoms with Crippen molar-refractivity contribution in [1.82, 2.24) is 29.8 Å². The quantitative estimate of drug-likeness (QED) is 0.470. The molecule has 0 amide bonds. The molecule has 0 spiro atoms. The van der Waals surface area contributed by atoms with Gasteiger partial charge in [-0.2, -0.15) is 10.2 Å². The van der Waals surface area contributed by atoms with Crippen molar-refractivity contribution in [2.45, 2.75) is 56.6 Å². The fourth-order valence-corrected chi connectivity index (χ4v) is 5.30. The Morgan fingerprint density at radius 2 is 1.97 bits per heavy atom. The number of rotatable bonds is 4. The maximum Gasteiger partial charge on any atom is 0.186 e. The lowest BCUT2D eigenvalue weighted by atomic mass is 9.87. The van der Waals surface area contributed by atoms with Gasteiger partial charge in [0.25, 0.3) is 0 Å². The Morgan fingerprint density at radius 1 is 1.06 bits per heavy atom. The second-order valence-corrected chi connectivity index (χ2v) is 9.19. The van der Waals surface area contributed by atoms with Crippen molar-refractivity contribution in [3.63, 3.8) is 0 Å². The third-order valence-electron chi connectivity index (χ3n) is 7.00. The number of aliphatic hydroxyl groups excluding tert-OH is 1. The van der Waals surface area contributed by atoms with Crippen LogP contribution in [-0.4, -0.2) is 47.5 Å². The van der Waals surface area contributed by atoms with Crippen molar-refractivity contribution in [2.24, 2.45) is 0 Å². The summed E-state index contributed by atoms with van der Waals surface area (Å²) in [5, 5.41) is 21.8. The van der Waals surface area contributed by atoms with E-state index < -0.39 is 11.6 Å². The molecule has 1 aliphatic heterocycles. The predicted octanol–water partition coefficient (Wildman–Crippen LogP) is 4.15. The molecule has 1 aliphatic carbocycles. The van der Waals surface area contributed by atoms with E-state index in [0.29, 0.717) is 41.4 Å². The molecule has 1 aromatic carbocycles. The molecular weight excluding hydrogens is 440 g/mol. The molecule has 8 nitrogen and oxygen atoms in total. The Kier molecular flexibility index (Phi) is 5.24. The largest absolute Gasteiger partial charge is 0.393 e. The van der Waals surface area contributed by atoms with Crippen LogP contribution in [0.15, 0.2) is 36.7 Å². The molecule has 1 saturated heterocycles. The van der Waals surface area contributed by atoms with E-state index in [4.69, 9.17) is 9.97 Å². The normalized spacial score (nSPS) is 23.1. The number of nitrogens with one attached hydrogen (secondary N) is 1. The van der Waals surface area contributed by atoms with Crippen LogP contribution in [0.1, 0.15) is 61.9 Å². The molecule has 2 N–H and O–H groups in total. The van der Waals surface area contributed by atoms with E-state index in [-0.39, 0.29) is 18.1 Å². The number of hydrogen-bond acceptors (Lipinski definition) is 6. The molecule has 4 heterocycles. The number of aromatic nitrogens is 6. The molecule has 3 atom stereocenters. The molecule has 176 valence electrons. The van der Waals surface area contributed by atoms with Gasteiger partial charge in [0.1, 0.15) is 23.3 Å². The van der Waals surface area contributed by atoms with Gasteiger partial charge in [-0.1, -0.05) is 6.42 Å². The van der Waals surface area contributed by atoms with Crippen molar-refractivity contribution >= 4 is 11.5 Å². The molecule has 1 saturated carbocycles. The van der Waals surface area contributed by atoms with E-state index >= 15 is 0 Å². The molecule has 10 heteroatoms. The second kappa shape index (κ2) is 8.43. The molecule has 0 radical (unpaired) electrons. The maximum absolute atomic E-state index is 14.5. The Hall–Kier alpha value is -3.40. The van der Waals surface area contributed by atoms with Crippen LogP contribution in [0.2, 0.25) is 0 Å². The third kappa shape index (κ3) is 3.71. The number of fused-ring (bicyclic) bond motifs is 1. The number of H-pyrrole nitrogens is 1. The molecular formula is C24H25F2N7O. The van der Waals surface area contributed by atoms with Crippen LogP contribution in [0.5, 0.6) is 0 Å². The fraction of sp³-hybridized carbons (Fsp3) is 0.417. The molecule has 2 fully saturated rings. The summed E-state index contributed by atoms with van der Waals surface area (Å²) < 4.78 is 30.0. The molecule has 3 aromatic heterocycles. The van der Waals surface area contributed by atoms with Gasteiger partial charge < -0.3 is 10.0 Å². The summed E-state index contributed by atoms with van der Waals surface area (Å²) in [6.45, 7) is 0.697. The average molecular weight is 466 g/mol. The van der Waals surface area contributed by atoms with Gasteiger partial charge in [-0.05, 0) is 56.4 Å². The lowest BCUT2D eigenvalue weighted by Gasteiger charge is -2.26. The Balaban J connectivity index is 1.33. The van der Waals surface area contributed by atoms with Gasteiger partial charge in [0.15, 0.2) is 11.5 Å². The summed E-state index contributed by atoms with van der Waals surface area (Å²) in [4.78, 5) is 11.5. The van der Waals surface area contributed by atoms with Gasteiger partial charge in [0.05, 0.1) is 23.9 Å². The van der Waals surface area contributed by atoms with Crippen LogP contribution < -0.4 is 4.90 Å². The van der Waals surface area contributed by atoms with Crippen molar-refractivity contribution in [3.05, 3.63) is 59.7 Å². The second-order valence-electron chi connectivity index (χ2n) is 9.19. The minimum atomic E-state index is -0.448. The summed E-state index contributed by atoms with van der Waals surface area (Å²) in [5.41, 5.74) is 1.63. The SMILES string of the molecule is OC1CCCC(c2nc(-c3cnn4ccc(N5CCC[C@@H]5c5cc(F)ccc5F)nc34)n[nH]2)C1. The zero-order chi connectivity index (χ0) is 23.2. The fourth-order valence-electron chi connectivity index (χ4n) is 5.30. The van der Waals surface area contributed by atoms with Crippen LogP contribution in [-0.2, 0) is 0 Å². The lowest BCUT2D eigenvalue weighted by molar-refractivity contribution is 0.118. The predicted molar refractivity (Wildman–Crippen MR) is 121 cm³/mol. The standard InChI is InChI=1S/C24H25F2N7O/c25-15-6-7-19(26)17(12-15)20-5-2-9-32(20)21-8-10-33-24(28-21)18(13-27-33)23-29-22(30-31-23)14-3-1-4-16(34)11-14/h6-8,10,12-14,16,20,34H,1-5,9,11H2,(H,29,30,31)/t14?,16?,20-/m1/s1. The van der Waals surface area contributed by atoms with Gasteiger partial charge in [-0.15, -0.1) is 0 Å². The first kappa shape index (κ1) is 21.2. The van der Waals surface area contributed by atoms with Crippen LogP contribution in [0, 0.1) is 11.6 Å². The first-order valence-corrected chi connectivity index (χ1v) is 11.7. The number of aromatic amines is 1. The summed E-state index contributed by atoms with van der Waals surface area (Å²) in [5.74, 6) is 1.24. The minimum Gasteiger partial charge on any atom is -0.393 e. The molecule has 4 aromatic rings. The first-order valence-electron chi connectivity index (χ1n) is 11.7. The van der Waals surface area contributed by atoms with E-state index in [1.165, 1.54) is 12.1 Å². The highest BCUT2D eigenvalue weighted by Crippen LogP contribution is 2.37. The molecule has 6 rings (SSSR count). The summed E-state index contributed by atoms with van der Waals surface area (Å²) in [7, 11) is 0. The van der Waals surface area contributed by atoms with Gasteiger partial charge in [0, 0.05) is 24.2 Å². The topological polar surface area (TPSA) is 95.2 Å². The molecule has 0 bridgehead atoms.